The molecule has 8 nitrogen and oxygen atoms in total. The number of carbonyl (C=O) groups is 2. The molecule has 3 aromatic rings. The number of carbonyl (C=O) groups excluding carboxylic acids is 2. The molecule has 216 valence electrons. The molecule has 2 bridgehead atoms. The number of amides is 2. The predicted octanol–water partition coefficient (Wildman–Crippen LogP) is 5.37. The van der Waals surface area contributed by atoms with Gasteiger partial charge in [-0.25, -0.2) is 8.78 Å². The summed E-state index contributed by atoms with van der Waals surface area (Å²) in [5.74, 6) is -4.14. The minimum atomic E-state index is -5.17. The van der Waals surface area contributed by atoms with Crippen molar-refractivity contribution in [2.75, 3.05) is 23.7 Å². The van der Waals surface area contributed by atoms with E-state index in [1.807, 2.05) is 4.90 Å². The standard InChI is InChI=1S/C28H25F5N4O4/c1-15(37-13-20-4-5-21(14-37)40-20)26(38)36-24-11-23(35-27(39)16-3-2-6-34-12-16)22(10-25(24)41-28(31,32)33)17-7-18(29)9-19(30)8-17/h2-3,6-12,15,20-21H,4-5,13-14H2,1H3,(H,35,39)(H,36,38). The van der Waals surface area contributed by atoms with Crippen LogP contribution in [-0.4, -0.2) is 59.4 Å². The lowest BCUT2D eigenvalue weighted by molar-refractivity contribution is -0.274. The second-order valence-electron chi connectivity index (χ2n) is 9.87. The summed E-state index contributed by atoms with van der Waals surface area (Å²) < 4.78 is 78.5. The highest BCUT2D eigenvalue weighted by molar-refractivity contribution is 6.07. The van der Waals surface area contributed by atoms with Crippen molar-refractivity contribution in [3.63, 3.8) is 0 Å². The Bertz CT molecular complexity index is 1420. The summed E-state index contributed by atoms with van der Waals surface area (Å²) >= 11 is 0. The van der Waals surface area contributed by atoms with Gasteiger partial charge in [0.05, 0.1) is 35.2 Å². The van der Waals surface area contributed by atoms with Gasteiger partial charge >= 0.3 is 6.36 Å². The zero-order chi connectivity index (χ0) is 29.3. The number of hydrogen-bond acceptors (Lipinski definition) is 6. The summed E-state index contributed by atoms with van der Waals surface area (Å²) in [6.07, 6.45) is -0.781. The van der Waals surface area contributed by atoms with E-state index in [1.165, 1.54) is 24.5 Å². The fourth-order valence-electron chi connectivity index (χ4n) is 5.00. The van der Waals surface area contributed by atoms with Crippen LogP contribution in [0, 0.1) is 11.6 Å². The Morgan fingerprint density at radius 2 is 1.71 bits per heavy atom. The van der Waals surface area contributed by atoms with Crippen molar-refractivity contribution in [1.29, 1.82) is 0 Å². The first-order chi connectivity index (χ1) is 19.4. The number of halogens is 5. The highest BCUT2D eigenvalue weighted by atomic mass is 19.4. The van der Waals surface area contributed by atoms with Gasteiger partial charge in [0, 0.05) is 37.1 Å². The number of nitrogens with zero attached hydrogens (tertiary/aromatic N) is 2. The van der Waals surface area contributed by atoms with Gasteiger partial charge in [-0.05, 0) is 61.7 Å². The van der Waals surface area contributed by atoms with Crippen LogP contribution in [-0.2, 0) is 9.53 Å². The van der Waals surface area contributed by atoms with Crippen molar-refractivity contribution in [2.24, 2.45) is 0 Å². The van der Waals surface area contributed by atoms with E-state index in [2.05, 4.69) is 20.4 Å². The molecule has 0 spiro atoms. The van der Waals surface area contributed by atoms with Crippen LogP contribution in [0.1, 0.15) is 30.1 Å². The van der Waals surface area contributed by atoms with Gasteiger partial charge < -0.3 is 20.1 Å². The van der Waals surface area contributed by atoms with Crippen LogP contribution in [0.4, 0.5) is 33.3 Å². The quantitative estimate of drug-likeness (QED) is 0.368. The Morgan fingerprint density at radius 1 is 1.02 bits per heavy atom. The molecule has 3 heterocycles. The molecule has 0 saturated carbocycles. The smallest absolute Gasteiger partial charge is 0.404 e. The molecule has 2 aliphatic rings. The first-order valence-corrected chi connectivity index (χ1v) is 12.8. The summed E-state index contributed by atoms with van der Waals surface area (Å²) in [5, 5.41) is 5.02. The van der Waals surface area contributed by atoms with E-state index in [9.17, 15) is 31.5 Å². The van der Waals surface area contributed by atoms with E-state index < -0.39 is 47.3 Å². The molecule has 41 heavy (non-hydrogen) atoms. The Hall–Kier alpha value is -4.10. The van der Waals surface area contributed by atoms with Crippen molar-refractivity contribution in [1.82, 2.24) is 9.88 Å². The highest BCUT2D eigenvalue weighted by Gasteiger charge is 2.38. The van der Waals surface area contributed by atoms with Crippen molar-refractivity contribution in [2.45, 2.75) is 44.4 Å². The van der Waals surface area contributed by atoms with Gasteiger partial charge in [0.2, 0.25) is 5.91 Å². The van der Waals surface area contributed by atoms with E-state index in [-0.39, 0.29) is 34.6 Å². The molecule has 0 radical (unpaired) electrons. The molecule has 2 aromatic carbocycles. The van der Waals surface area contributed by atoms with Gasteiger partial charge in [0.15, 0.2) is 5.75 Å². The van der Waals surface area contributed by atoms with Gasteiger partial charge in [-0.1, -0.05) is 0 Å². The third kappa shape index (κ3) is 6.80. The second kappa shape index (κ2) is 11.4. The van der Waals surface area contributed by atoms with Gasteiger partial charge in [0.25, 0.3) is 5.91 Å². The minimum Gasteiger partial charge on any atom is -0.404 e. The zero-order valence-electron chi connectivity index (χ0n) is 21.7. The number of nitrogens with one attached hydrogen (secondary N) is 2. The molecular weight excluding hydrogens is 551 g/mol. The van der Waals surface area contributed by atoms with E-state index in [1.54, 1.807) is 6.92 Å². The molecule has 13 heteroatoms. The van der Waals surface area contributed by atoms with Gasteiger partial charge in [-0.3, -0.25) is 19.5 Å². The first-order valence-electron chi connectivity index (χ1n) is 12.8. The van der Waals surface area contributed by atoms with Crippen molar-refractivity contribution >= 4 is 23.2 Å². The van der Waals surface area contributed by atoms with E-state index in [0.717, 1.165) is 37.1 Å². The van der Waals surface area contributed by atoms with Crippen molar-refractivity contribution in [3.05, 3.63) is 72.1 Å². The summed E-state index contributed by atoms with van der Waals surface area (Å²) in [6, 6.07) is 6.51. The molecule has 2 saturated heterocycles. The molecule has 3 atom stereocenters. The molecule has 5 rings (SSSR count). The Kier molecular flexibility index (Phi) is 7.91. The van der Waals surface area contributed by atoms with Crippen LogP contribution in [0.5, 0.6) is 5.75 Å². The molecule has 3 unspecified atom stereocenters. The molecule has 2 aliphatic heterocycles. The maximum atomic E-state index is 14.1. The summed E-state index contributed by atoms with van der Waals surface area (Å²) in [5.41, 5.74) is -0.786. The van der Waals surface area contributed by atoms with Gasteiger partial charge in [-0.15, -0.1) is 13.2 Å². The lowest BCUT2D eigenvalue weighted by atomic mass is 10.0. The van der Waals surface area contributed by atoms with Crippen LogP contribution in [0.2, 0.25) is 0 Å². The number of benzene rings is 2. The Labute approximate surface area is 231 Å². The number of rotatable bonds is 7. The van der Waals surface area contributed by atoms with Gasteiger partial charge in [-0.2, -0.15) is 0 Å². The van der Waals surface area contributed by atoms with Gasteiger partial charge in [0.1, 0.15) is 11.6 Å². The first kappa shape index (κ1) is 28.4. The maximum Gasteiger partial charge on any atom is 0.573 e. The molecule has 0 aliphatic carbocycles. The third-order valence-corrected chi connectivity index (χ3v) is 6.95. The van der Waals surface area contributed by atoms with Crippen LogP contribution < -0.4 is 15.4 Å². The largest absolute Gasteiger partial charge is 0.573 e. The van der Waals surface area contributed by atoms with E-state index in [4.69, 9.17) is 4.74 Å². The molecule has 1 aromatic heterocycles. The maximum absolute atomic E-state index is 14.1. The zero-order valence-corrected chi connectivity index (χ0v) is 21.7. The highest BCUT2D eigenvalue weighted by Crippen LogP contribution is 2.41. The lowest BCUT2D eigenvalue weighted by Crippen LogP contribution is -2.51. The average Bonchev–Trinajstić information content (AvgIpc) is 3.25. The van der Waals surface area contributed by atoms with Crippen molar-refractivity contribution in [3.8, 4) is 16.9 Å². The molecule has 2 fully saturated rings. The number of alkyl halides is 3. The number of pyridine rings is 1. The van der Waals surface area contributed by atoms with Crippen molar-refractivity contribution < 1.29 is 41.0 Å². The number of likely N-dealkylation sites (tertiary alicyclic amines) is 1. The van der Waals surface area contributed by atoms with E-state index >= 15 is 0 Å². The summed E-state index contributed by atoms with van der Waals surface area (Å²) in [4.78, 5) is 31.9. The average molecular weight is 577 g/mol. The summed E-state index contributed by atoms with van der Waals surface area (Å²) in [6.45, 7) is 2.61. The Morgan fingerprint density at radius 3 is 2.32 bits per heavy atom. The summed E-state index contributed by atoms with van der Waals surface area (Å²) in [7, 11) is 0. The second-order valence-corrected chi connectivity index (χ2v) is 9.87. The number of morpholine rings is 1. The van der Waals surface area contributed by atoms with Crippen LogP contribution in [0.25, 0.3) is 11.1 Å². The number of fused-ring (bicyclic) bond motifs is 2. The number of hydrogen-bond donors (Lipinski definition) is 2. The fraction of sp³-hybridized carbons (Fsp3) is 0.321. The number of ether oxygens (including phenoxy) is 2. The molecular formula is C28H25F5N4O4. The lowest BCUT2D eigenvalue weighted by Gasteiger charge is -2.35. The fourth-order valence-corrected chi connectivity index (χ4v) is 5.00. The minimum absolute atomic E-state index is 0.0200. The van der Waals surface area contributed by atoms with Crippen LogP contribution in [0.15, 0.2) is 54.9 Å². The van der Waals surface area contributed by atoms with E-state index in [0.29, 0.717) is 19.2 Å². The number of anilines is 2. The van der Waals surface area contributed by atoms with Crippen LogP contribution >= 0.6 is 0 Å². The third-order valence-electron chi connectivity index (χ3n) is 6.95. The number of aromatic nitrogens is 1. The SMILES string of the molecule is CC(C(=O)Nc1cc(NC(=O)c2cccnc2)c(-c2cc(F)cc(F)c2)cc1OC(F)(F)F)N1CC2CCC(C1)O2. The van der Waals surface area contributed by atoms with Crippen LogP contribution in [0.3, 0.4) is 0 Å². The topological polar surface area (TPSA) is 92.8 Å². The normalized spacial score (nSPS) is 19.5. The monoisotopic (exact) mass is 576 g/mol. The molecule has 2 amide bonds. The predicted molar refractivity (Wildman–Crippen MR) is 138 cm³/mol. The molecule has 2 N–H and O–H groups in total. The Balaban J connectivity index is 1.54.